The van der Waals surface area contributed by atoms with Crippen LogP contribution < -0.4 is 15.4 Å². The highest BCUT2D eigenvalue weighted by Gasteiger charge is 2.15. The molecule has 0 bridgehead atoms. The van der Waals surface area contributed by atoms with Crippen molar-refractivity contribution in [3.8, 4) is 0 Å². The van der Waals surface area contributed by atoms with E-state index in [1.54, 1.807) is 0 Å². The minimum absolute atomic E-state index is 0.0297. The first kappa shape index (κ1) is 19.5. The maximum absolute atomic E-state index is 12.8. The number of hydrogen-bond donors (Lipinski definition) is 3. The van der Waals surface area contributed by atoms with E-state index in [1.807, 2.05) is 0 Å². The molecule has 0 heterocycles. The van der Waals surface area contributed by atoms with Gasteiger partial charge in [-0.1, -0.05) is 12.1 Å². The zero-order valence-corrected chi connectivity index (χ0v) is 14.8. The lowest BCUT2D eigenvalue weighted by Gasteiger charge is -2.09. The summed E-state index contributed by atoms with van der Waals surface area (Å²) in [4.78, 5) is 22.7. The molecule has 0 aliphatic heterocycles. The summed E-state index contributed by atoms with van der Waals surface area (Å²) in [5.41, 5.74) is 1.16. The molecule has 0 aromatic heterocycles. The Hall–Kier alpha value is -2.78. The van der Waals surface area contributed by atoms with Crippen LogP contribution >= 0.6 is 0 Å². The quantitative estimate of drug-likeness (QED) is 0.676. The van der Waals surface area contributed by atoms with Crippen molar-refractivity contribution in [3.05, 3.63) is 59.9 Å². The summed E-state index contributed by atoms with van der Waals surface area (Å²) in [5.74, 6) is -1.17. The number of anilines is 1. The zero-order valence-electron chi connectivity index (χ0n) is 14.0. The van der Waals surface area contributed by atoms with Gasteiger partial charge in [-0.3, -0.25) is 9.59 Å². The first-order valence-electron chi connectivity index (χ1n) is 7.65. The molecule has 138 valence electrons. The van der Waals surface area contributed by atoms with Gasteiger partial charge in [-0.15, -0.1) is 0 Å². The molecule has 0 spiro atoms. The highest BCUT2D eigenvalue weighted by Crippen LogP contribution is 2.13. The first-order chi connectivity index (χ1) is 12.3. The fraction of sp³-hybridized carbons (Fsp3) is 0.176. The normalized spacial score (nSPS) is 11.0. The van der Waals surface area contributed by atoms with Crippen molar-refractivity contribution in [2.45, 2.75) is 18.4 Å². The van der Waals surface area contributed by atoms with E-state index in [-0.39, 0.29) is 23.2 Å². The fourth-order valence-corrected chi connectivity index (χ4v) is 3.01. The number of rotatable bonds is 7. The summed E-state index contributed by atoms with van der Waals surface area (Å²) >= 11 is 0. The Balaban J connectivity index is 1.87. The van der Waals surface area contributed by atoms with Crippen molar-refractivity contribution >= 4 is 27.5 Å². The van der Waals surface area contributed by atoms with Crippen molar-refractivity contribution in [2.24, 2.45) is 0 Å². The number of carbonyl (C=O) groups is 2. The summed E-state index contributed by atoms with van der Waals surface area (Å²) in [5, 5.41) is 5.07. The Morgan fingerprint density at radius 3 is 2.19 bits per heavy atom. The molecule has 0 radical (unpaired) electrons. The molecule has 0 aliphatic carbocycles. The average Bonchev–Trinajstić information content (AvgIpc) is 2.59. The van der Waals surface area contributed by atoms with Gasteiger partial charge in [0.1, 0.15) is 5.82 Å². The summed E-state index contributed by atoms with van der Waals surface area (Å²) < 4.78 is 39.3. The van der Waals surface area contributed by atoms with E-state index >= 15 is 0 Å². The lowest BCUT2D eigenvalue weighted by atomic mass is 10.2. The molecule has 3 N–H and O–H groups in total. The van der Waals surface area contributed by atoms with Crippen molar-refractivity contribution in [2.75, 3.05) is 11.9 Å². The van der Waals surface area contributed by atoms with E-state index in [1.165, 1.54) is 55.5 Å². The van der Waals surface area contributed by atoms with Crippen LogP contribution in [0.4, 0.5) is 10.1 Å². The van der Waals surface area contributed by atoms with Crippen molar-refractivity contribution in [1.29, 1.82) is 0 Å². The highest BCUT2D eigenvalue weighted by molar-refractivity contribution is 7.89. The SMILES string of the molecule is CC(=O)Nc1ccc(S(=O)(=O)NCC(=O)NCc2ccc(F)cc2)cc1. The van der Waals surface area contributed by atoms with E-state index in [0.717, 1.165) is 0 Å². The van der Waals surface area contributed by atoms with E-state index in [2.05, 4.69) is 15.4 Å². The predicted octanol–water partition coefficient (Wildman–Crippen LogP) is 1.38. The van der Waals surface area contributed by atoms with Crippen LogP contribution in [0.1, 0.15) is 12.5 Å². The number of amides is 2. The topological polar surface area (TPSA) is 104 Å². The van der Waals surface area contributed by atoms with Crippen LogP contribution in [-0.4, -0.2) is 26.8 Å². The number of halogens is 1. The standard InChI is InChI=1S/C17H18FN3O4S/c1-12(22)21-15-6-8-16(9-7-15)26(24,25)20-11-17(23)19-10-13-2-4-14(18)5-3-13/h2-9,20H,10-11H2,1H3,(H,19,23)(H,21,22). The second-order valence-corrected chi connectivity index (χ2v) is 7.20. The molecule has 0 saturated heterocycles. The summed E-state index contributed by atoms with van der Waals surface area (Å²) in [6.45, 7) is 1.07. The van der Waals surface area contributed by atoms with Crippen molar-refractivity contribution < 1.29 is 22.4 Å². The minimum atomic E-state index is -3.86. The van der Waals surface area contributed by atoms with Crippen LogP contribution in [0.5, 0.6) is 0 Å². The largest absolute Gasteiger partial charge is 0.351 e. The van der Waals surface area contributed by atoms with Crippen LogP contribution in [0.15, 0.2) is 53.4 Å². The molecule has 0 atom stereocenters. The second kappa shape index (κ2) is 8.54. The average molecular weight is 379 g/mol. The number of carbonyl (C=O) groups excluding carboxylic acids is 2. The fourth-order valence-electron chi connectivity index (χ4n) is 2.03. The van der Waals surface area contributed by atoms with Gasteiger partial charge in [0.05, 0.1) is 11.4 Å². The van der Waals surface area contributed by atoms with Crippen LogP contribution in [0.25, 0.3) is 0 Å². The Kier molecular flexibility index (Phi) is 6.42. The molecule has 2 aromatic carbocycles. The molecule has 2 rings (SSSR count). The van der Waals surface area contributed by atoms with Gasteiger partial charge in [-0.05, 0) is 42.0 Å². The second-order valence-electron chi connectivity index (χ2n) is 5.43. The van der Waals surface area contributed by atoms with Crippen molar-refractivity contribution in [3.63, 3.8) is 0 Å². The number of benzene rings is 2. The van der Waals surface area contributed by atoms with Gasteiger partial charge in [-0.25, -0.2) is 17.5 Å². The van der Waals surface area contributed by atoms with E-state index in [0.29, 0.717) is 11.3 Å². The van der Waals surface area contributed by atoms with Crippen LogP contribution in [0.2, 0.25) is 0 Å². The van der Waals surface area contributed by atoms with Crippen molar-refractivity contribution in [1.82, 2.24) is 10.0 Å². The molecular weight excluding hydrogens is 361 g/mol. The van der Waals surface area contributed by atoms with Gasteiger partial charge in [0, 0.05) is 19.2 Å². The molecular formula is C17H18FN3O4S. The molecule has 9 heteroatoms. The smallest absolute Gasteiger partial charge is 0.241 e. The number of hydrogen-bond acceptors (Lipinski definition) is 4. The first-order valence-corrected chi connectivity index (χ1v) is 9.13. The molecule has 0 fully saturated rings. The van der Waals surface area contributed by atoms with Crippen LogP contribution in [0.3, 0.4) is 0 Å². The van der Waals surface area contributed by atoms with Crippen LogP contribution in [0, 0.1) is 5.82 Å². The third-order valence-electron chi connectivity index (χ3n) is 3.31. The number of sulfonamides is 1. The third-order valence-corrected chi connectivity index (χ3v) is 4.73. The van der Waals surface area contributed by atoms with Crippen LogP contribution in [-0.2, 0) is 26.2 Å². The Morgan fingerprint density at radius 1 is 1.00 bits per heavy atom. The molecule has 0 saturated carbocycles. The molecule has 26 heavy (non-hydrogen) atoms. The summed E-state index contributed by atoms with van der Waals surface area (Å²) in [6.07, 6.45) is 0. The lowest BCUT2D eigenvalue weighted by Crippen LogP contribution is -2.36. The van der Waals surface area contributed by atoms with Gasteiger partial charge in [0.15, 0.2) is 0 Å². The van der Waals surface area contributed by atoms with E-state index in [9.17, 15) is 22.4 Å². The molecule has 0 unspecified atom stereocenters. The van der Waals surface area contributed by atoms with Gasteiger partial charge in [0.25, 0.3) is 0 Å². The molecule has 2 amide bonds. The predicted molar refractivity (Wildman–Crippen MR) is 94.2 cm³/mol. The van der Waals surface area contributed by atoms with E-state index in [4.69, 9.17) is 0 Å². The Morgan fingerprint density at radius 2 is 1.62 bits per heavy atom. The van der Waals surface area contributed by atoms with Gasteiger partial charge < -0.3 is 10.6 Å². The molecule has 2 aromatic rings. The molecule has 7 nitrogen and oxygen atoms in total. The zero-order chi connectivity index (χ0) is 19.2. The number of nitrogens with one attached hydrogen (secondary N) is 3. The maximum Gasteiger partial charge on any atom is 0.241 e. The van der Waals surface area contributed by atoms with Gasteiger partial charge in [-0.2, -0.15) is 0 Å². The molecule has 0 aliphatic rings. The Bertz CT molecular complexity index is 881. The van der Waals surface area contributed by atoms with Gasteiger partial charge in [0.2, 0.25) is 21.8 Å². The summed E-state index contributed by atoms with van der Waals surface area (Å²) in [7, 11) is -3.86. The monoisotopic (exact) mass is 379 g/mol. The third kappa shape index (κ3) is 5.94. The van der Waals surface area contributed by atoms with E-state index < -0.39 is 22.5 Å². The maximum atomic E-state index is 12.8. The summed E-state index contributed by atoms with van der Waals surface area (Å²) in [6, 6.07) is 11.1. The highest BCUT2D eigenvalue weighted by atomic mass is 32.2. The lowest BCUT2D eigenvalue weighted by molar-refractivity contribution is -0.120. The Labute approximate surface area is 150 Å². The van der Waals surface area contributed by atoms with Gasteiger partial charge >= 0.3 is 0 Å². The minimum Gasteiger partial charge on any atom is -0.351 e.